The summed E-state index contributed by atoms with van der Waals surface area (Å²) in [5.74, 6) is 0. The highest BCUT2D eigenvalue weighted by Crippen LogP contribution is 2.23. The maximum atomic E-state index is 10.7. The van der Waals surface area contributed by atoms with Crippen molar-refractivity contribution in [2.24, 2.45) is 0 Å². The summed E-state index contributed by atoms with van der Waals surface area (Å²) in [6, 6.07) is 0. The third kappa shape index (κ3) is 2.95. The molecule has 1 N–H and O–H groups in total. The zero-order chi connectivity index (χ0) is 9.19. The Morgan fingerprint density at radius 3 is 2.58 bits per heavy atom. The molecule has 0 radical (unpaired) electrons. The zero-order valence-electron chi connectivity index (χ0n) is 6.44. The lowest BCUT2D eigenvalue weighted by atomic mass is 11.3. The number of thioether (sulfide) groups is 1. The van der Waals surface area contributed by atoms with E-state index in [0.717, 1.165) is 10.6 Å². The second-order valence-electron chi connectivity index (χ2n) is 1.95. The molecule has 0 aliphatic carbocycles. The SMILES string of the molecule is CSc1nnc(NS(C)(=O)=O)s1. The van der Waals surface area contributed by atoms with Crippen LogP contribution in [0.2, 0.25) is 0 Å². The third-order valence-electron chi connectivity index (χ3n) is 0.854. The van der Waals surface area contributed by atoms with Gasteiger partial charge in [0.1, 0.15) is 0 Å². The van der Waals surface area contributed by atoms with Crippen molar-refractivity contribution in [2.45, 2.75) is 4.34 Å². The number of rotatable bonds is 3. The molecular weight excluding hydrogens is 218 g/mol. The zero-order valence-corrected chi connectivity index (χ0v) is 8.89. The van der Waals surface area contributed by atoms with E-state index in [1.165, 1.54) is 23.1 Å². The summed E-state index contributed by atoms with van der Waals surface area (Å²) < 4.78 is 24.4. The van der Waals surface area contributed by atoms with Crippen LogP contribution in [0.15, 0.2) is 4.34 Å². The minimum atomic E-state index is -3.22. The Balaban J connectivity index is 2.78. The van der Waals surface area contributed by atoms with E-state index in [1.807, 2.05) is 6.26 Å². The minimum Gasteiger partial charge on any atom is -0.257 e. The van der Waals surface area contributed by atoms with Gasteiger partial charge in [0.25, 0.3) is 0 Å². The second-order valence-corrected chi connectivity index (χ2v) is 5.73. The molecule has 1 heterocycles. The molecule has 68 valence electrons. The number of anilines is 1. The van der Waals surface area contributed by atoms with Gasteiger partial charge in [0.05, 0.1) is 6.26 Å². The lowest BCUT2D eigenvalue weighted by Crippen LogP contribution is -2.08. The summed E-state index contributed by atoms with van der Waals surface area (Å²) in [5, 5.41) is 7.66. The van der Waals surface area contributed by atoms with Gasteiger partial charge in [-0.2, -0.15) is 0 Å². The molecule has 8 heteroatoms. The van der Waals surface area contributed by atoms with Gasteiger partial charge in [-0.3, -0.25) is 4.72 Å². The van der Waals surface area contributed by atoms with Crippen molar-refractivity contribution < 1.29 is 8.42 Å². The van der Waals surface area contributed by atoms with E-state index in [-0.39, 0.29) is 0 Å². The molecule has 0 saturated heterocycles. The van der Waals surface area contributed by atoms with Gasteiger partial charge in [0.15, 0.2) is 4.34 Å². The van der Waals surface area contributed by atoms with Crippen molar-refractivity contribution in [3.05, 3.63) is 0 Å². The first kappa shape index (κ1) is 9.75. The molecule has 0 aliphatic heterocycles. The van der Waals surface area contributed by atoms with Gasteiger partial charge in [0.2, 0.25) is 15.2 Å². The quantitative estimate of drug-likeness (QED) is 0.764. The number of nitrogens with zero attached hydrogens (tertiary/aromatic N) is 2. The normalized spacial score (nSPS) is 11.5. The summed E-state index contributed by atoms with van der Waals surface area (Å²) in [4.78, 5) is 0. The van der Waals surface area contributed by atoms with E-state index in [4.69, 9.17) is 0 Å². The van der Waals surface area contributed by atoms with Crippen LogP contribution in [-0.2, 0) is 10.0 Å². The highest BCUT2D eigenvalue weighted by Gasteiger charge is 2.06. The molecule has 5 nitrogen and oxygen atoms in total. The number of aromatic nitrogens is 2. The van der Waals surface area contributed by atoms with Crippen LogP contribution in [0.5, 0.6) is 0 Å². The molecule has 1 aromatic heterocycles. The standard InChI is InChI=1S/C4H7N3O2S3/c1-10-4-6-5-3(11-4)7-12(2,8)9/h1-2H3,(H,5,7). The average molecular weight is 225 g/mol. The van der Waals surface area contributed by atoms with E-state index < -0.39 is 10.0 Å². The molecule has 0 bridgehead atoms. The Kier molecular flexibility index (Phi) is 2.91. The second kappa shape index (κ2) is 3.58. The van der Waals surface area contributed by atoms with Crippen LogP contribution in [-0.4, -0.2) is 31.1 Å². The van der Waals surface area contributed by atoms with Gasteiger partial charge in [-0.25, -0.2) is 8.42 Å². The average Bonchev–Trinajstić information content (AvgIpc) is 2.32. The van der Waals surface area contributed by atoms with Crippen molar-refractivity contribution in [3.8, 4) is 0 Å². The number of sulfonamides is 1. The van der Waals surface area contributed by atoms with Crippen LogP contribution in [0.3, 0.4) is 0 Å². The van der Waals surface area contributed by atoms with Gasteiger partial charge < -0.3 is 0 Å². The van der Waals surface area contributed by atoms with Crippen LogP contribution in [0.4, 0.5) is 5.13 Å². The van der Waals surface area contributed by atoms with Crippen LogP contribution in [0, 0.1) is 0 Å². The Hall–Kier alpha value is -0.340. The minimum absolute atomic E-state index is 0.307. The fraction of sp³-hybridized carbons (Fsp3) is 0.500. The van der Waals surface area contributed by atoms with E-state index in [2.05, 4.69) is 14.9 Å². The maximum Gasteiger partial charge on any atom is 0.231 e. The molecule has 0 spiro atoms. The van der Waals surface area contributed by atoms with E-state index in [1.54, 1.807) is 0 Å². The summed E-state index contributed by atoms with van der Waals surface area (Å²) >= 11 is 2.64. The van der Waals surface area contributed by atoms with Gasteiger partial charge in [-0.1, -0.05) is 23.1 Å². The van der Waals surface area contributed by atoms with Crippen molar-refractivity contribution in [1.29, 1.82) is 0 Å². The topological polar surface area (TPSA) is 72.0 Å². The Labute approximate surface area is 78.6 Å². The van der Waals surface area contributed by atoms with E-state index in [0.29, 0.717) is 5.13 Å². The Morgan fingerprint density at radius 1 is 1.50 bits per heavy atom. The Morgan fingerprint density at radius 2 is 2.17 bits per heavy atom. The van der Waals surface area contributed by atoms with E-state index >= 15 is 0 Å². The van der Waals surface area contributed by atoms with E-state index in [9.17, 15) is 8.42 Å². The molecule has 0 unspecified atom stereocenters. The molecule has 0 atom stereocenters. The van der Waals surface area contributed by atoms with Crippen LogP contribution >= 0.6 is 23.1 Å². The fourth-order valence-electron chi connectivity index (χ4n) is 0.492. The first-order valence-corrected chi connectivity index (χ1v) is 6.80. The monoisotopic (exact) mass is 225 g/mol. The van der Waals surface area contributed by atoms with Crippen molar-refractivity contribution >= 4 is 38.3 Å². The first-order valence-electron chi connectivity index (χ1n) is 2.86. The number of hydrogen-bond acceptors (Lipinski definition) is 6. The van der Waals surface area contributed by atoms with Crippen molar-refractivity contribution in [1.82, 2.24) is 10.2 Å². The Bertz CT molecular complexity index is 357. The first-order chi connectivity index (χ1) is 5.51. The van der Waals surface area contributed by atoms with Crippen molar-refractivity contribution in [3.63, 3.8) is 0 Å². The molecule has 0 aromatic carbocycles. The van der Waals surface area contributed by atoms with Crippen LogP contribution in [0.25, 0.3) is 0 Å². The molecule has 1 rings (SSSR count). The fourth-order valence-corrected chi connectivity index (χ4v) is 2.49. The van der Waals surface area contributed by atoms with Gasteiger partial charge >= 0.3 is 0 Å². The molecule has 12 heavy (non-hydrogen) atoms. The largest absolute Gasteiger partial charge is 0.257 e. The summed E-state index contributed by atoms with van der Waals surface area (Å²) in [5.41, 5.74) is 0. The predicted octanol–water partition coefficient (Wildman–Crippen LogP) is 0.631. The van der Waals surface area contributed by atoms with Gasteiger partial charge in [-0.15, -0.1) is 10.2 Å². The molecule has 0 saturated carbocycles. The molecule has 0 fully saturated rings. The third-order valence-corrected chi connectivity index (χ3v) is 3.36. The lowest BCUT2D eigenvalue weighted by molar-refractivity contribution is 0.606. The molecular formula is C4H7N3O2S3. The molecule has 0 amide bonds. The smallest absolute Gasteiger partial charge is 0.231 e. The number of nitrogens with one attached hydrogen (secondary N) is 1. The van der Waals surface area contributed by atoms with Crippen LogP contribution in [0.1, 0.15) is 0 Å². The lowest BCUT2D eigenvalue weighted by Gasteiger charge is -1.94. The molecule has 1 aromatic rings. The maximum absolute atomic E-state index is 10.7. The number of hydrogen-bond donors (Lipinski definition) is 1. The predicted molar refractivity (Wildman–Crippen MR) is 50.2 cm³/mol. The van der Waals surface area contributed by atoms with Gasteiger partial charge in [0, 0.05) is 0 Å². The molecule has 0 aliphatic rings. The summed E-state index contributed by atoms with van der Waals surface area (Å²) in [7, 11) is -3.22. The van der Waals surface area contributed by atoms with Crippen molar-refractivity contribution in [2.75, 3.05) is 17.2 Å². The summed E-state index contributed by atoms with van der Waals surface area (Å²) in [6.45, 7) is 0. The highest BCUT2D eigenvalue weighted by molar-refractivity contribution is 8.00. The highest BCUT2D eigenvalue weighted by atomic mass is 32.2. The van der Waals surface area contributed by atoms with Crippen LogP contribution < -0.4 is 4.72 Å². The summed E-state index contributed by atoms with van der Waals surface area (Å²) in [6.07, 6.45) is 2.93. The van der Waals surface area contributed by atoms with Gasteiger partial charge in [-0.05, 0) is 6.26 Å².